The van der Waals surface area contributed by atoms with Gasteiger partial charge in [-0.2, -0.15) is 11.8 Å². The van der Waals surface area contributed by atoms with Crippen LogP contribution in [0.25, 0.3) is 0 Å². The normalized spacial score (nSPS) is 17.4. The van der Waals surface area contributed by atoms with Crippen molar-refractivity contribution >= 4 is 52.2 Å². The van der Waals surface area contributed by atoms with Crippen molar-refractivity contribution in [3.63, 3.8) is 0 Å². The van der Waals surface area contributed by atoms with Crippen LogP contribution in [0, 0.1) is 19.3 Å². The summed E-state index contributed by atoms with van der Waals surface area (Å²) in [5.74, 6) is 2.85. The average Bonchev–Trinajstić information content (AvgIpc) is 3.21. The van der Waals surface area contributed by atoms with Crippen molar-refractivity contribution < 1.29 is 19.1 Å². The fourth-order valence-electron chi connectivity index (χ4n) is 3.44. The monoisotopic (exact) mass is 455 g/mol. The molecule has 0 bridgehead atoms. The summed E-state index contributed by atoms with van der Waals surface area (Å²) in [6, 6.07) is 8.80. The zero-order valence-corrected chi connectivity index (χ0v) is 18.5. The molecular formula is C22H21N3O4S2. The molecule has 2 aromatic rings. The number of anilines is 2. The van der Waals surface area contributed by atoms with Crippen LogP contribution in [0.2, 0.25) is 0 Å². The van der Waals surface area contributed by atoms with E-state index in [1.54, 1.807) is 34.9 Å². The molecule has 1 aromatic carbocycles. The lowest BCUT2D eigenvalue weighted by Gasteiger charge is -2.40. The molecule has 0 atom stereocenters. The molecule has 0 unspecified atom stereocenters. The minimum atomic E-state index is -0.963. The van der Waals surface area contributed by atoms with Gasteiger partial charge in [-0.05, 0) is 42.8 Å². The standard InChI is InChI=1S/C22H21N3O4S2/c1-3-16-5-7-18(31-16)20(27)24-22(12-30-13-22)21(28)23-15-4-6-17(14(2)10-15)25-8-9-29-11-19(25)26/h1,4-7,10H,8-9,11-13H2,2H3,(H,23,28)(H,24,27). The molecule has 0 radical (unpaired) electrons. The fourth-order valence-corrected chi connectivity index (χ4v) is 5.17. The Balaban J connectivity index is 1.46. The maximum atomic E-state index is 13.0. The van der Waals surface area contributed by atoms with Crippen LogP contribution in [0.15, 0.2) is 30.3 Å². The molecule has 160 valence electrons. The van der Waals surface area contributed by atoms with E-state index in [4.69, 9.17) is 11.2 Å². The summed E-state index contributed by atoms with van der Waals surface area (Å²) < 4.78 is 5.18. The molecule has 0 spiro atoms. The van der Waals surface area contributed by atoms with Gasteiger partial charge >= 0.3 is 0 Å². The number of carbonyl (C=O) groups excluding carboxylic acids is 3. The number of benzene rings is 1. The van der Waals surface area contributed by atoms with E-state index >= 15 is 0 Å². The minimum absolute atomic E-state index is 0.0743. The predicted molar refractivity (Wildman–Crippen MR) is 123 cm³/mol. The van der Waals surface area contributed by atoms with E-state index in [-0.39, 0.29) is 24.3 Å². The Morgan fingerprint density at radius 1 is 1.26 bits per heavy atom. The zero-order valence-electron chi connectivity index (χ0n) is 16.9. The van der Waals surface area contributed by atoms with Gasteiger partial charge in [0.25, 0.3) is 17.7 Å². The first-order chi connectivity index (χ1) is 14.9. The molecule has 3 amide bonds. The number of ether oxygens (including phenoxy) is 1. The number of morpholine rings is 1. The van der Waals surface area contributed by atoms with Gasteiger partial charge in [-0.15, -0.1) is 17.8 Å². The van der Waals surface area contributed by atoms with Crippen molar-refractivity contribution in [3.05, 3.63) is 45.6 Å². The molecule has 31 heavy (non-hydrogen) atoms. The van der Waals surface area contributed by atoms with Crippen molar-refractivity contribution in [2.75, 3.05) is 41.5 Å². The highest BCUT2D eigenvalue weighted by molar-refractivity contribution is 8.01. The van der Waals surface area contributed by atoms with Crippen LogP contribution in [-0.2, 0) is 14.3 Å². The third-order valence-corrected chi connectivity index (χ3v) is 7.60. The minimum Gasteiger partial charge on any atom is -0.370 e. The van der Waals surface area contributed by atoms with Crippen LogP contribution in [0.3, 0.4) is 0 Å². The molecule has 4 rings (SSSR count). The lowest BCUT2D eigenvalue weighted by Crippen LogP contribution is -2.65. The number of hydrogen-bond donors (Lipinski definition) is 2. The number of rotatable bonds is 5. The maximum Gasteiger partial charge on any atom is 0.262 e. The highest BCUT2D eigenvalue weighted by Gasteiger charge is 2.46. The summed E-state index contributed by atoms with van der Waals surface area (Å²) in [7, 11) is 0. The summed E-state index contributed by atoms with van der Waals surface area (Å²) in [4.78, 5) is 40.6. The van der Waals surface area contributed by atoms with E-state index in [2.05, 4.69) is 16.6 Å². The van der Waals surface area contributed by atoms with E-state index in [1.165, 1.54) is 11.3 Å². The molecule has 3 heterocycles. The van der Waals surface area contributed by atoms with Crippen LogP contribution in [0.1, 0.15) is 20.1 Å². The number of terminal acetylenes is 1. The van der Waals surface area contributed by atoms with Gasteiger partial charge in [-0.25, -0.2) is 0 Å². The van der Waals surface area contributed by atoms with Gasteiger partial charge < -0.3 is 20.3 Å². The molecule has 9 heteroatoms. The molecule has 7 nitrogen and oxygen atoms in total. The molecule has 0 aliphatic carbocycles. The van der Waals surface area contributed by atoms with Crippen LogP contribution >= 0.6 is 23.1 Å². The first-order valence-electron chi connectivity index (χ1n) is 9.69. The summed E-state index contributed by atoms with van der Waals surface area (Å²) in [6.45, 7) is 2.97. The van der Waals surface area contributed by atoms with Gasteiger partial charge in [0.15, 0.2) is 0 Å². The zero-order chi connectivity index (χ0) is 22.0. The Morgan fingerprint density at radius 2 is 2.06 bits per heavy atom. The lowest BCUT2D eigenvalue weighted by atomic mass is 10.0. The second-order valence-corrected chi connectivity index (χ2v) is 9.46. The summed E-state index contributed by atoms with van der Waals surface area (Å²) in [6.07, 6.45) is 5.37. The third kappa shape index (κ3) is 4.32. The molecule has 0 saturated carbocycles. The second kappa shape index (κ2) is 8.75. The molecule has 2 N–H and O–H groups in total. The largest absolute Gasteiger partial charge is 0.370 e. The summed E-state index contributed by atoms with van der Waals surface area (Å²) >= 11 is 2.82. The summed E-state index contributed by atoms with van der Waals surface area (Å²) in [5.41, 5.74) is 1.32. The molecule has 2 saturated heterocycles. The van der Waals surface area contributed by atoms with Crippen molar-refractivity contribution in [2.24, 2.45) is 0 Å². The molecule has 1 aromatic heterocycles. The maximum absolute atomic E-state index is 13.0. The number of thiophene rings is 1. The molecule has 2 fully saturated rings. The highest BCUT2D eigenvalue weighted by atomic mass is 32.2. The van der Waals surface area contributed by atoms with E-state index in [9.17, 15) is 14.4 Å². The van der Waals surface area contributed by atoms with Gasteiger partial charge in [-0.1, -0.05) is 5.92 Å². The number of amides is 3. The third-order valence-electron chi connectivity index (χ3n) is 5.19. The first-order valence-corrected chi connectivity index (χ1v) is 11.7. The Kier molecular flexibility index (Phi) is 6.05. The van der Waals surface area contributed by atoms with Crippen molar-refractivity contribution in [1.82, 2.24) is 5.32 Å². The summed E-state index contributed by atoms with van der Waals surface area (Å²) in [5, 5.41) is 5.81. The Bertz CT molecular complexity index is 1080. The fraction of sp³-hybridized carbons (Fsp3) is 0.318. The Hall–Kier alpha value is -2.80. The van der Waals surface area contributed by atoms with Crippen LogP contribution in [-0.4, -0.2) is 54.5 Å². The van der Waals surface area contributed by atoms with Gasteiger partial charge in [-0.3, -0.25) is 14.4 Å². The SMILES string of the molecule is C#Cc1ccc(C(=O)NC2(C(=O)Nc3ccc(N4CCOCC4=O)c(C)c3)CSC2)s1. The van der Waals surface area contributed by atoms with Gasteiger partial charge in [0.2, 0.25) is 0 Å². The smallest absolute Gasteiger partial charge is 0.262 e. The van der Waals surface area contributed by atoms with Crippen LogP contribution in [0.5, 0.6) is 0 Å². The number of nitrogens with one attached hydrogen (secondary N) is 2. The van der Waals surface area contributed by atoms with E-state index in [0.29, 0.717) is 40.1 Å². The number of carbonyl (C=O) groups is 3. The van der Waals surface area contributed by atoms with Gasteiger partial charge in [0.1, 0.15) is 12.1 Å². The second-order valence-electron chi connectivity index (χ2n) is 7.39. The van der Waals surface area contributed by atoms with E-state index in [0.717, 1.165) is 11.3 Å². The van der Waals surface area contributed by atoms with E-state index in [1.807, 2.05) is 19.1 Å². The lowest BCUT2D eigenvalue weighted by molar-refractivity contribution is -0.125. The van der Waals surface area contributed by atoms with Crippen LogP contribution in [0.4, 0.5) is 11.4 Å². The van der Waals surface area contributed by atoms with Crippen molar-refractivity contribution in [1.29, 1.82) is 0 Å². The number of aryl methyl sites for hydroxylation is 1. The molecule has 2 aliphatic heterocycles. The quantitative estimate of drug-likeness (QED) is 0.676. The van der Waals surface area contributed by atoms with E-state index < -0.39 is 5.54 Å². The van der Waals surface area contributed by atoms with Crippen LogP contribution < -0.4 is 15.5 Å². The average molecular weight is 456 g/mol. The number of thioether (sulfide) groups is 1. The topological polar surface area (TPSA) is 87.7 Å². The predicted octanol–water partition coefficient (Wildman–Crippen LogP) is 2.26. The molecular weight excluding hydrogens is 434 g/mol. The number of nitrogens with zero attached hydrogens (tertiary/aromatic N) is 1. The molecule has 2 aliphatic rings. The number of hydrogen-bond acceptors (Lipinski definition) is 6. The Morgan fingerprint density at radius 3 is 2.68 bits per heavy atom. The van der Waals surface area contributed by atoms with Gasteiger partial charge in [0, 0.05) is 29.4 Å². The van der Waals surface area contributed by atoms with Crippen molar-refractivity contribution in [2.45, 2.75) is 12.5 Å². The van der Waals surface area contributed by atoms with Crippen molar-refractivity contribution in [3.8, 4) is 12.3 Å². The Labute approximate surface area is 188 Å². The first kappa shape index (κ1) is 21.4. The van der Waals surface area contributed by atoms with Gasteiger partial charge in [0.05, 0.1) is 16.4 Å². The highest BCUT2D eigenvalue weighted by Crippen LogP contribution is 2.32.